The summed E-state index contributed by atoms with van der Waals surface area (Å²) in [4.78, 5) is 10.4. The number of nitrogens with one attached hydrogen (secondary N) is 1. The first kappa shape index (κ1) is 17.8. The Bertz CT molecular complexity index is 846. The van der Waals surface area contributed by atoms with Crippen molar-refractivity contribution in [3.05, 3.63) is 59.7 Å². The lowest BCUT2D eigenvalue weighted by molar-refractivity contribution is -0.139. The normalized spacial score (nSPS) is 11.8. The molecule has 0 bridgehead atoms. The van der Waals surface area contributed by atoms with Gasteiger partial charge in [-0.2, -0.15) is 13.2 Å². The molecule has 0 atom stereocenters. The Morgan fingerprint density at radius 3 is 2.17 bits per heavy atom. The standard InChI is InChI=1S/C15H12F3NO4S/c1-23-14(20)10-6-8-11(9-7-10)19-24(21,22)13-5-3-2-4-12(13)15(16,17)18/h2-9,19H,1H3. The monoisotopic (exact) mass is 359 g/mol. The summed E-state index contributed by atoms with van der Waals surface area (Å²) in [5.41, 5.74) is -1.07. The number of ether oxygens (including phenoxy) is 1. The van der Waals surface area contributed by atoms with E-state index >= 15 is 0 Å². The average Bonchev–Trinajstić information content (AvgIpc) is 2.53. The van der Waals surface area contributed by atoms with Crippen LogP contribution in [-0.2, 0) is 20.9 Å². The van der Waals surface area contributed by atoms with Crippen molar-refractivity contribution >= 4 is 21.7 Å². The van der Waals surface area contributed by atoms with Crippen LogP contribution in [0.25, 0.3) is 0 Å². The predicted octanol–water partition coefficient (Wildman–Crippen LogP) is 3.29. The van der Waals surface area contributed by atoms with Crippen molar-refractivity contribution in [1.29, 1.82) is 0 Å². The van der Waals surface area contributed by atoms with E-state index in [9.17, 15) is 26.4 Å². The molecule has 0 aromatic heterocycles. The summed E-state index contributed by atoms with van der Waals surface area (Å²) in [7, 11) is -3.26. The summed E-state index contributed by atoms with van der Waals surface area (Å²) in [6, 6.07) is 8.94. The highest BCUT2D eigenvalue weighted by atomic mass is 32.2. The first-order chi connectivity index (χ1) is 11.1. The Labute approximate surface area is 136 Å². The number of rotatable bonds is 4. The van der Waals surface area contributed by atoms with Gasteiger partial charge in [-0.3, -0.25) is 4.72 Å². The quantitative estimate of drug-likeness (QED) is 0.851. The number of alkyl halides is 3. The molecular weight excluding hydrogens is 347 g/mol. The Kier molecular flexibility index (Phi) is 4.83. The molecule has 24 heavy (non-hydrogen) atoms. The molecule has 0 aliphatic heterocycles. The number of esters is 1. The Morgan fingerprint density at radius 1 is 1.04 bits per heavy atom. The largest absolute Gasteiger partial charge is 0.465 e. The third kappa shape index (κ3) is 3.85. The summed E-state index contributed by atoms with van der Waals surface area (Å²) >= 11 is 0. The van der Waals surface area contributed by atoms with Crippen LogP contribution in [0.1, 0.15) is 15.9 Å². The highest BCUT2D eigenvalue weighted by Crippen LogP contribution is 2.34. The van der Waals surface area contributed by atoms with Gasteiger partial charge in [0.05, 0.1) is 23.1 Å². The zero-order chi connectivity index (χ0) is 18.0. The van der Waals surface area contributed by atoms with E-state index < -0.39 is 32.6 Å². The maximum Gasteiger partial charge on any atom is 0.417 e. The molecule has 5 nitrogen and oxygen atoms in total. The maximum absolute atomic E-state index is 13.0. The van der Waals surface area contributed by atoms with E-state index in [0.717, 1.165) is 12.1 Å². The van der Waals surface area contributed by atoms with E-state index in [0.29, 0.717) is 6.07 Å². The molecule has 0 radical (unpaired) electrons. The minimum absolute atomic E-state index is 0.0135. The van der Waals surface area contributed by atoms with Gasteiger partial charge in [-0.25, -0.2) is 13.2 Å². The molecule has 0 spiro atoms. The molecule has 0 fully saturated rings. The van der Waals surface area contributed by atoms with E-state index in [1.807, 2.05) is 0 Å². The maximum atomic E-state index is 13.0. The zero-order valence-electron chi connectivity index (χ0n) is 12.3. The summed E-state index contributed by atoms with van der Waals surface area (Å²) in [6.45, 7) is 0. The molecule has 128 valence electrons. The van der Waals surface area contributed by atoms with Crippen molar-refractivity contribution in [2.24, 2.45) is 0 Å². The van der Waals surface area contributed by atoms with Gasteiger partial charge in [0.2, 0.25) is 0 Å². The van der Waals surface area contributed by atoms with Crippen LogP contribution in [0.5, 0.6) is 0 Å². The summed E-state index contributed by atoms with van der Waals surface area (Å²) in [6.07, 6.45) is -4.81. The second-order valence-electron chi connectivity index (χ2n) is 4.67. The number of anilines is 1. The molecular formula is C15H12F3NO4S. The van der Waals surface area contributed by atoms with Crippen molar-refractivity contribution in [1.82, 2.24) is 0 Å². The summed E-state index contributed by atoms with van der Waals surface area (Å²) < 4.78 is 69.9. The molecule has 0 saturated carbocycles. The van der Waals surface area contributed by atoms with Crippen molar-refractivity contribution < 1.29 is 31.1 Å². The first-order valence-electron chi connectivity index (χ1n) is 6.52. The molecule has 0 saturated heterocycles. The Balaban J connectivity index is 2.35. The van der Waals surface area contributed by atoms with E-state index in [4.69, 9.17) is 0 Å². The van der Waals surface area contributed by atoms with E-state index in [1.165, 1.54) is 37.4 Å². The third-order valence-electron chi connectivity index (χ3n) is 3.04. The first-order valence-corrected chi connectivity index (χ1v) is 8.01. The number of hydrogen-bond acceptors (Lipinski definition) is 4. The highest BCUT2D eigenvalue weighted by molar-refractivity contribution is 7.92. The second kappa shape index (κ2) is 6.52. The fourth-order valence-corrected chi connectivity index (χ4v) is 3.22. The fraction of sp³-hybridized carbons (Fsp3) is 0.133. The van der Waals surface area contributed by atoms with Gasteiger partial charge in [-0.05, 0) is 36.4 Å². The van der Waals surface area contributed by atoms with Crippen LogP contribution < -0.4 is 4.72 Å². The van der Waals surface area contributed by atoms with Gasteiger partial charge in [0, 0.05) is 5.69 Å². The van der Waals surface area contributed by atoms with Gasteiger partial charge in [-0.1, -0.05) is 12.1 Å². The van der Waals surface area contributed by atoms with Gasteiger partial charge in [0.15, 0.2) is 0 Å². The number of carbonyl (C=O) groups is 1. The lowest BCUT2D eigenvalue weighted by Gasteiger charge is -2.14. The van der Waals surface area contributed by atoms with Crippen molar-refractivity contribution in [3.63, 3.8) is 0 Å². The molecule has 9 heteroatoms. The number of halogens is 3. The number of carbonyl (C=O) groups excluding carboxylic acids is 1. The van der Waals surface area contributed by atoms with E-state index in [1.54, 1.807) is 0 Å². The van der Waals surface area contributed by atoms with Crippen LogP contribution in [0.15, 0.2) is 53.4 Å². The minimum atomic E-state index is -4.81. The van der Waals surface area contributed by atoms with Crippen LogP contribution in [0.4, 0.5) is 18.9 Å². The minimum Gasteiger partial charge on any atom is -0.465 e. The Hall–Kier alpha value is -2.55. The molecule has 1 N–H and O–H groups in total. The lowest BCUT2D eigenvalue weighted by atomic mass is 10.2. The smallest absolute Gasteiger partial charge is 0.417 e. The van der Waals surface area contributed by atoms with Gasteiger partial charge in [0.25, 0.3) is 10.0 Å². The van der Waals surface area contributed by atoms with Gasteiger partial charge in [-0.15, -0.1) is 0 Å². The lowest BCUT2D eigenvalue weighted by Crippen LogP contribution is -2.18. The highest BCUT2D eigenvalue weighted by Gasteiger charge is 2.36. The fourth-order valence-electron chi connectivity index (χ4n) is 1.94. The number of methoxy groups -OCH3 is 1. The SMILES string of the molecule is COC(=O)c1ccc(NS(=O)(=O)c2ccccc2C(F)(F)F)cc1. The molecule has 0 heterocycles. The average molecular weight is 359 g/mol. The van der Waals surface area contributed by atoms with Crippen LogP contribution in [-0.4, -0.2) is 21.5 Å². The summed E-state index contributed by atoms with van der Waals surface area (Å²) in [5.74, 6) is -0.619. The van der Waals surface area contributed by atoms with Gasteiger partial charge < -0.3 is 4.74 Å². The van der Waals surface area contributed by atoms with Crippen LogP contribution in [0.2, 0.25) is 0 Å². The predicted molar refractivity (Wildman–Crippen MR) is 80.0 cm³/mol. The topological polar surface area (TPSA) is 72.5 Å². The molecule has 0 unspecified atom stereocenters. The second-order valence-corrected chi connectivity index (χ2v) is 6.32. The van der Waals surface area contributed by atoms with E-state index in [2.05, 4.69) is 9.46 Å². The zero-order valence-corrected chi connectivity index (χ0v) is 13.1. The number of hydrogen-bond donors (Lipinski definition) is 1. The molecule has 2 rings (SSSR count). The summed E-state index contributed by atoms with van der Waals surface area (Å²) in [5, 5.41) is 0. The van der Waals surface area contributed by atoms with Crippen LogP contribution >= 0.6 is 0 Å². The van der Waals surface area contributed by atoms with Crippen LogP contribution in [0, 0.1) is 0 Å². The number of sulfonamides is 1. The number of benzene rings is 2. The van der Waals surface area contributed by atoms with E-state index in [-0.39, 0.29) is 11.3 Å². The van der Waals surface area contributed by atoms with Gasteiger partial charge >= 0.3 is 12.1 Å². The van der Waals surface area contributed by atoms with Crippen molar-refractivity contribution in [3.8, 4) is 0 Å². The molecule has 2 aromatic rings. The third-order valence-corrected chi connectivity index (χ3v) is 4.48. The van der Waals surface area contributed by atoms with Crippen LogP contribution in [0.3, 0.4) is 0 Å². The van der Waals surface area contributed by atoms with Gasteiger partial charge in [0.1, 0.15) is 0 Å². The molecule has 0 amide bonds. The molecule has 0 aliphatic rings. The Morgan fingerprint density at radius 2 is 1.62 bits per heavy atom. The molecule has 2 aromatic carbocycles. The van der Waals surface area contributed by atoms with Crippen molar-refractivity contribution in [2.75, 3.05) is 11.8 Å². The van der Waals surface area contributed by atoms with Crippen molar-refractivity contribution in [2.45, 2.75) is 11.1 Å². The molecule has 0 aliphatic carbocycles.